The summed E-state index contributed by atoms with van der Waals surface area (Å²) in [4.78, 5) is 4.38. The highest BCUT2D eigenvalue weighted by Crippen LogP contribution is 2.24. The lowest BCUT2D eigenvalue weighted by molar-refractivity contribution is 0.155. The molecular formula is C18H30IN3O2. The summed E-state index contributed by atoms with van der Waals surface area (Å²) in [6.45, 7) is 3.14. The molecule has 0 aromatic heterocycles. The second-order valence-electron chi connectivity index (χ2n) is 6.23. The standard InChI is InChI=1S/C18H29N3O2.HI/c1-14(13-22-2)21-18(19)20-12-15-7-6-10-17(11-15)23-16-8-4-3-5-9-16;/h6-7,10-11,14,16H,3-5,8-9,12-13H2,1-2H3,(H3,19,20,21);1H. The van der Waals surface area contributed by atoms with Crippen LogP contribution in [0.25, 0.3) is 0 Å². The molecule has 1 fully saturated rings. The van der Waals surface area contributed by atoms with Gasteiger partial charge in [-0.25, -0.2) is 4.99 Å². The number of ether oxygens (including phenoxy) is 2. The average molecular weight is 447 g/mol. The molecule has 1 aromatic carbocycles. The molecule has 24 heavy (non-hydrogen) atoms. The van der Waals surface area contributed by atoms with E-state index < -0.39 is 0 Å². The number of methoxy groups -OCH3 is 1. The van der Waals surface area contributed by atoms with Gasteiger partial charge in [-0.15, -0.1) is 24.0 Å². The van der Waals surface area contributed by atoms with Crippen molar-refractivity contribution in [2.24, 2.45) is 10.7 Å². The summed E-state index contributed by atoms with van der Waals surface area (Å²) < 4.78 is 11.2. The largest absolute Gasteiger partial charge is 0.490 e. The Kier molecular flexibility index (Phi) is 10.1. The molecule has 0 amide bonds. The number of rotatable bonds is 7. The van der Waals surface area contributed by atoms with Crippen LogP contribution in [0, 0.1) is 0 Å². The van der Waals surface area contributed by atoms with Gasteiger partial charge in [-0.05, 0) is 50.3 Å². The highest BCUT2D eigenvalue weighted by molar-refractivity contribution is 14.0. The Labute approximate surface area is 162 Å². The molecule has 1 unspecified atom stereocenters. The van der Waals surface area contributed by atoms with Crippen LogP contribution in [0.1, 0.15) is 44.6 Å². The van der Waals surface area contributed by atoms with E-state index in [0.29, 0.717) is 25.2 Å². The summed E-state index contributed by atoms with van der Waals surface area (Å²) in [7, 11) is 1.67. The van der Waals surface area contributed by atoms with Gasteiger partial charge in [0, 0.05) is 13.2 Å². The van der Waals surface area contributed by atoms with E-state index in [4.69, 9.17) is 15.2 Å². The molecule has 1 aromatic rings. The van der Waals surface area contributed by atoms with Gasteiger partial charge in [0.15, 0.2) is 5.96 Å². The molecule has 1 aliphatic carbocycles. The van der Waals surface area contributed by atoms with Crippen LogP contribution in [0.15, 0.2) is 29.3 Å². The van der Waals surface area contributed by atoms with Crippen LogP contribution in [0.4, 0.5) is 0 Å². The van der Waals surface area contributed by atoms with Crippen LogP contribution < -0.4 is 15.8 Å². The van der Waals surface area contributed by atoms with Crippen LogP contribution in [0.5, 0.6) is 5.75 Å². The third-order valence-electron chi connectivity index (χ3n) is 4.00. The molecule has 136 valence electrons. The summed E-state index contributed by atoms with van der Waals surface area (Å²) >= 11 is 0. The number of benzene rings is 1. The first kappa shape index (κ1) is 21.0. The van der Waals surface area contributed by atoms with Crippen LogP contribution >= 0.6 is 24.0 Å². The summed E-state index contributed by atoms with van der Waals surface area (Å²) in [5.41, 5.74) is 6.99. The Hall–Kier alpha value is -1.02. The zero-order valence-corrected chi connectivity index (χ0v) is 17.0. The second kappa shape index (κ2) is 11.5. The monoisotopic (exact) mass is 447 g/mol. The van der Waals surface area contributed by atoms with Gasteiger partial charge in [-0.2, -0.15) is 0 Å². The van der Waals surface area contributed by atoms with E-state index in [1.807, 2.05) is 25.1 Å². The Morgan fingerprint density at radius 3 is 2.79 bits per heavy atom. The van der Waals surface area contributed by atoms with Crippen LogP contribution in [-0.2, 0) is 11.3 Å². The smallest absolute Gasteiger partial charge is 0.189 e. The molecule has 6 heteroatoms. The van der Waals surface area contributed by atoms with Crippen molar-refractivity contribution < 1.29 is 9.47 Å². The molecule has 0 heterocycles. The van der Waals surface area contributed by atoms with Crippen LogP contribution in [-0.4, -0.2) is 31.8 Å². The van der Waals surface area contributed by atoms with Gasteiger partial charge >= 0.3 is 0 Å². The number of guanidine groups is 1. The molecule has 3 N–H and O–H groups in total. The van der Waals surface area contributed by atoms with Crippen molar-refractivity contribution in [2.75, 3.05) is 13.7 Å². The van der Waals surface area contributed by atoms with Gasteiger partial charge < -0.3 is 20.5 Å². The Morgan fingerprint density at radius 1 is 1.33 bits per heavy atom. The number of aliphatic imine (C=N–C) groups is 1. The SMILES string of the molecule is COCC(C)NC(N)=NCc1cccc(OC2CCCCC2)c1.I. The summed E-state index contributed by atoms with van der Waals surface area (Å²) in [6, 6.07) is 8.28. The molecule has 0 radical (unpaired) electrons. The number of halogens is 1. The quantitative estimate of drug-likeness (QED) is 0.382. The predicted molar refractivity (Wildman–Crippen MR) is 109 cm³/mol. The molecular weight excluding hydrogens is 417 g/mol. The second-order valence-corrected chi connectivity index (χ2v) is 6.23. The van der Waals surface area contributed by atoms with E-state index in [9.17, 15) is 0 Å². The van der Waals surface area contributed by atoms with Gasteiger partial charge in [0.25, 0.3) is 0 Å². The fourth-order valence-corrected chi connectivity index (χ4v) is 2.86. The van der Waals surface area contributed by atoms with Crippen molar-refractivity contribution in [2.45, 2.75) is 57.7 Å². The molecule has 0 aliphatic heterocycles. The van der Waals surface area contributed by atoms with E-state index >= 15 is 0 Å². The molecule has 1 saturated carbocycles. The van der Waals surface area contributed by atoms with Gasteiger partial charge in [-0.3, -0.25) is 0 Å². The Balaban J connectivity index is 0.00000288. The maximum atomic E-state index is 6.09. The van der Waals surface area contributed by atoms with Crippen molar-refractivity contribution in [3.05, 3.63) is 29.8 Å². The molecule has 2 rings (SSSR count). The summed E-state index contributed by atoms with van der Waals surface area (Å²) in [5, 5.41) is 3.10. The first-order chi connectivity index (χ1) is 11.2. The van der Waals surface area contributed by atoms with Gasteiger partial charge in [0.1, 0.15) is 5.75 Å². The number of nitrogens with one attached hydrogen (secondary N) is 1. The zero-order valence-electron chi connectivity index (χ0n) is 14.7. The Morgan fingerprint density at radius 2 is 2.08 bits per heavy atom. The zero-order chi connectivity index (χ0) is 16.5. The van der Waals surface area contributed by atoms with Crippen LogP contribution in [0.2, 0.25) is 0 Å². The summed E-state index contributed by atoms with van der Waals surface area (Å²) in [5.74, 6) is 1.37. The Bertz CT molecular complexity index is 505. The van der Waals surface area contributed by atoms with Gasteiger partial charge in [0.05, 0.1) is 19.3 Å². The average Bonchev–Trinajstić information content (AvgIpc) is 2.54. The molecule has 1 atom stereocenters. The fourth-order valence-electron chi connectivity index (χ4n) is 2.86. The number of nitrogens with two attached hydrogens (primary N) is 1. The normalized spacial score (nSPS) is 17.0. The minimum absolute atomic E-state index is 0. The topological polar surface area (TPSA) is 68.9 Å². The van der Waals surface area contributed by atoms with E-state index in [-0.39, 0.29) is 30.0 Å². The van der Waals surface area contributed by atoms with E-state index in [1.54, 1.807) is 7.11 Å². The van der Waals surface area contributed by atoms with E-state index in [0.717, 1.165) is 24.2 Å². The van der Waals surface area contributed by atoms with Gasteiger partial charge in [-0.1, -0.05) is 18.6 Å². The number of hydrogen-bond acceptors (Lipinski definition) is 3. The van der Waals surface area contributed by atoms with Crippen LogP contribution in [0.3, 0.4) is 0 Å². The minimum Gasteiger partial charge on any atom is -0.490 e. The molecule has 0 spiro atoms. The number of hydrogen-bond donors (Lipinski definition) is 2. The van der Waals surface area contributed by atoms with E-state index in [1.165, 1.54) is 19.3 Å². The third kappa shape index (κ3) is 7.70. The first-order valence-electron chi connectivity index (χ1n) is 8.48. The maximum Gasteiger partial charge on any atom is 0.189 e. The lowest BCUT2D eigenvalue weighted by Crippen LogP contribution is -2.40. The highest BCUT2D eigenvalue weighted by Gasteiger charge is 2.14. The van der Waals surface area contributed by atoms with Gasteiger partial charge in [0.2, 0.25) is 0 Å². The van der Waals surface area contributed by atoms with Crippen molar-refractivity contribution in [3.8, 4) is 5.75 Å². The fraction of sp³-hybridized carbons (Fsp3) is 0.611. The molecule has 0 bridgehead atoms. The molecule has 0 saturated heterocycles. The molecule has 1 aliphatic rings. The first-order valence-corrected chi connectivity index (χ1v) is 8.48. The van der Waals surface area contributed by atoms with Crippen molar-refractivity contribution in [1.29, 1.82) is 0 Å². The summed E-state index contributed by atoms with van der Waals surface area (Å²) in [6.07, 6.45) is 6.58. The number of nitrogens with zero attached hydrogens (tertiary/aromatic N) is 1. The minimum atomic E-state index is 0. The van der Waals surface area contributed by atoms with E-state index in [2.05, 4.69) is 16.4 Å². The maximum absolute atomic E-state index is 6.09. The van der Waals surface area contributed by atoms with Crippen molar-refractivity contribution in [3.63, 3.8) is 0 Å². The lowest BCUT2D eigenvalue weighted by Gasteiger charge is -2.23. The lowest BCUT2D eigenvalue weighted by atomic mass is 9.98. The highest BCUT2D eigenvalue weighted by atomic mass is 127. The van der Waals surface area contributed by atoms with Crippen molar-refractivity contribution in [1.82, 2.24) is 5.32 Å². The molecule has 5 nitrogen and oxygen atoms in total. The van der Waals surface area contributed by atoms with Crippen molar-refractivity contribution >= 4 is 29.9 Å². The third-order valence-corrected chi connectivity index (χ3v) is 4.00. The predicted octanol–water partition coefficient (Wildman–Crippen LogP) is 3.46.